The van der Waals surface area contributed by atoms with Crippen LogP contribution in [0.5, 0.6) is 0 Å². The van der Waals surface area contributed by atoms with Crippen molar-refractivity contribution in [3.63, 3.8) is 0 Å². The summed E-state index contributed by atoms with van der Waals surface area (Å²) in [6.07, 6.45) is 2.57. The molecule has 0 bridgehead atoms. The zero-order valence-electron chi connectivity index (χ0n) is 16.4. The Hall–Kier alpha value is -2.89. The van der Waals surface area contributed by atoms with Crippen LogP contribution < -0.4 is 5.32 Å². The van der Waals surface area contributed by atoms with Gasteiger partial charge in [0, 0.05) is 11.8 Å². The summed E-state index contributed by atoms with van der Waals surface area (Å²) in [7, 11) is 0. The largest absolute Gasteiger partial charge is 0.436 e. The van der Waals surface area contributed by atoms with Crippen molar-refractivity contribution in [1.29, 1.82) is 0 Å². The maximum Gasteiger partial charge on any atom is 0.258 e. The van der Waals surface area contributed by atoms with Crippen LogP contribution in [0.15, 0.2) is 59.1 Å². The third-order valence-electron chi connectivity index (χ3n) is 5.06. The predicted molar refractivity (Wildman–Crippen MR) is 120 cm³/mol. The molecule has 1 N–H and O–H groups in total. The highest BCUT2D eigenvalue weighted by atomic mass is 35.5. The molecule has 0 spiro atoms. The highest BCUT2D eigenvalue weighted by Gasteiger charge is 2.16. The van der Waals surface area contributed by atoms with Gasteiger partial charge in [0.05, 0.1) is 16.3 Å². The molecule has 2 aromatic carbocycles. The van der Waals surface area contributed by atoms with Crippen LogP contribution in [-0.2, 0) is 0 Å². The quantitative estimate of drug-likeness (QED) is 0.341. The average molecular weight is 440 g/mol. The van der Waals surface area contributed by atoms with Crippen LogP contribution in [0.25, 0.3) is 22.6 Å². The number of carbonyl (C=O) groups is 1. The van der Waals surface area contributed by atoms with Crippen molar-refractivity contribution < 1.29 is 9.21 Å². The number of fused-ring (bicyclic) bond motifs is 1. The first-order valence-corrected chi connectivity index (χ1v) is 10.3. The fraction of sp³-hybridized carbons (Fsp3) is 0.174. The molecule has 4 aromatic rings. The first-order valence-electron chi connectivity index (χ1n) is 9.58. The average Bonchev–Trinajstić information content (AvgIpc) is 3.18. The van der Waals surface area contributed by atoms with E-state index in [1.54, 1.807) is 30.3 Å². The van der Waals surface area contributed by atoms with E-state index in [1.807, 2.05) is 6.07 Å². The minimum atomic E-state index is -0.400. The van der Waals surface area contributed by atoms with Gasteiger partial charge in [-0.25, -0.2) is 9.97 Å². The number of oxazole rings is 1. The summed E-state index contributed by atoms with van der Waals surface area (Å²) in [5.74, 6) is 0.506. The van der Waals surface area contributed by atoms with Crippen LogP contribution in [0.3, 0.4) is 0 Å². The molecule has 1 unspecified atom stereocenters. The van der Waals surface area contributed by atoms with Crippen molar-refractivity contribution in [3.05, 3.63) is 76.0 Å². The van der Waals surface area contributed by atoms with Crippen LogP contribution in [0.4, 0.5) is 5.69 Å². The van der Waals surface area contributed by atoms with Crippen molar-refractivity contribution in [2.75, 3.05) is 5.32 Å². The molecule has 0 fully saturated rings. The molecule has 152 valence electrons. The van der Waals surface area contributed by atoms with Gasteiger partial charge in [-0.15, -0.1) is 0 Å². The van der Waals surface area contributed by atoms with E-state index in [4.69, 9.17) is 27.6 Å². The lowest BCUT2D eigenvalue weighted by atomic mass is 9.98. The fourth-order valence-electron chi connectivity index (χ4n) is 3.11. The molecule has 5 nitrogen and oxygen atoms in total. The molecule has 7 heteroatoms. The molecule has 1 amide bonds. The summed E-state index contributed by atoms with van der Waals surface area (Å²) in [6, 6.07) is 14.5. The second-order valence-corrected chi connectivity index (χ2v) is 7.81. The lowest BCUT2D eigenvalue weighted by Crippen LogP contribution is -2.13. The zero-order chi connectivity index (χ0) is 21.3. The standard InChI is InChI=1S/C23H19Cl2N3O2/c1-3-13(2)14-7-9-20-19(11-14)28-23(30-20)15-6-8-17(24)18(12-15)27-22(29)16-5-4-10-26-21(16)25/h4-13H,3H2,1-2H3,(H,27,29). The second kappa shape index (κ2) is 8.46. The monoisotopic (exact) mass is 439 g/mol. The molecule has 0 aliphatic carbocycles. The van der Waals surface area contributed by atoms with Gasteiger partial charge in [0.2, 0.25) is 5.89 Å². The molecule has 30 heavy (non-hydrogen) atoms. The molecule has 4 rings (SSSR count). The third kappa shape index (κ3) is 4.04. The Kier molecular flexibility index (Phi) is 5.75. The van der Waals surface area contributed by atoms with E-state index < -0.39 is 5.91 Å². The van der Waals surface area contributed by atoms with Gasteiger partial charge in [0.1, 0.15) is 10.7 Å². The summed E-state index contributed by atoms with van der Waals surface area (Å²) in [5, 5.41) is 3.29. The molecule has 2 aromatic heterocycles. The second-order valence-electron chi connectivity index (χ2n) is 7.05. The Bertz CT molecular complexity index is 1240. The van der Waals surface area contributed by atoms with Crippen molar-refractivity contribution in [2.24, 2.45) is 0 Å². The number of nitrogens with one attached hydrogen (secondary N) is 1. The Labute approximate surface area is 184 Å². The van der Waals surface area contributed by atoms with Gasteiger partial charge >= 0.3 is 0 Å². The first-order chi connectivity index (χ1) is 14.5. The van der Waals surface area contributed by atoms with Crippen molar-refractivity contribution in [1.82, 2.24) is 9.97 Å². The summed E-state index contributed by atoms with van der Waals surface area (Å²) < 4.78 is 5.93. The number of anilines is 1. The van der Waals surface area contributed by atoms with Crippen molar-refractivity contribution in [2.45, 2.75) is 26.2 Å². The van der Waals surface area contributed by atoms with E-state index >= 15 is 0 Å². The van der Waals surface area contributed by atoms with E-state index in [9.17, 15) is 4.79 Å². The summed E-state index contributed by atoms with van der Waals surface area (Å²) in [5.41, 5.74) is 4.13. The van der Waals surface area contributed by atoms with E-state index in [1.165, 1.54) is 11.8 Å². The van der Waals surface area contributed by atoms with Gasteiger partial charge in [-0.1, -0.05) is 43.1 Å². The maximum atomic E-state index is 12.6. The number of amides is 1. The lowest BCUT2D eigenvalue weighted by Gasteiger charge is -2.09. The summed E-state index contributed by atoms with van der Waals surface area (Å²) >= 11 is 12.3. The molecule has 0 saturated carbocycles. The molecule has 2 heterocycles. The summed E-state index contributed by atoms with van der Waals surface area (Å²) in [4.78, 5) is 21.1. The molecule has 0 radical (unpaired) electrons. The number of nitrogens with zero attached hydrogens (tertiary/aromatic N) is 2. The number of hydrogen-bond acceptors (Lipinski definition) is 4. The van der Waals surface area contributed by atoms with Gasteiger partial charge in [-0.3, -0.25) is 4.79 Å². The molecule has 1 atom stereocenters. The van der Waals surface area contributed by atoms with Gasteiger partial charge in [0.25, 0.3) is 5.91 Å². The highest BCUT2D eigenvalue weighted by Crippen LogP contribution is 2.32. The van der Waals surface area contributed by atoms with Gasteiger partial charge < -0.3 is 9.73 Å². The molecule has 0 aliphatic rings. The van der Waals surface area contributed by atoms with E-state index in [-0.39, 0.29) is 10.7 Å². The van der Waals surface area contributed by atoms with Gasteiger partial charge in [-0.2, -0.15) is 0 Å². The van der Waals surface area contributed by atoms with E-state index in [2.05, 4.69) is 41.3 Å². The predicted octanol–water partition coefficient (Wildman–Crippen LogP) is 6.96. The zero-order valence-corrected chi connectivity index (χ0v) is 18.0. The fourth-order valence-corrected chi connectivity index (χ4v) is 3.48. The van der Waals surface area contributed by atoms with Crippen molar-refractivity contribution >= 4 is 45.9 Å². The van der Waals surface area contributed by atoms with Crippen LogP contribution in [0.1, 0.15) is 42.1 Å². The number of hydrogen-bond donors (Lipinski definition) is 1. The SMILES string of the molecule is CCC(C)c1ccc2oc(-c3ccc(Cl)c(NC(=O)c4cccnc4Cl)c3)nc2c1. The molecule has 0 saturated heterocycles. The smallest absolute Gasteiger partial charge is 0.258 e. The molecule has 0 aliphatic heterocycles. The Balaban J connectivity index is 1.66. The number of halogens is 2. The van der Waals surface area contributed by atoms with Crippen LogP contribution in [-0.4, -0.2) is 15.9 Å². The van der Waals surface area contributed by atoms with E-state index in [0.29, 0.717) is 33.7 Å². The number of pyridine rings is 1. The first kappa shape index (κ1) is 20.4. The summed E-state index contributed by atoms with van der Waals surface area (Å²) in [6.45, 7) is 4.34. The number of aromatic nitrogens is 2. The highest BCUT2D eigenvalue weighted by molar-refractivity contribution is 6.35. The number of rotatable bonds is 5. The Morgan fingerprint density at radius 2 is 2.00 bits per heavy atom. The Morgan fingerprint density at radius 1 is 1.17 bits per heavy atom. The van der Waals surface area contributed by atoms with Crippen molar-refractivity contribution in [3.8, 4) is 11.5 Å². The lowest BCUT2D eigenvalue weighted by molar-refractivity contribution is 0.102. The van der Waals surface area contributed by atoms with E-state index in [0.717, 1.165) is 11.9 Å². The normalized spacial score (nSPS) is 12.1. The molecular weight excluding hydrogens is 421 g/mol. The van der Waals surface area contributed by atoms with Gasteiger partial charge in [-0.05, 0) is 60.4 Å². The number of carbonyl (C=O) groups excluding carboxylic acids is 1. The van der Waals surface area contributed by atoms with Crippen LogP contribution in [0, 0.1) is 0 Å². The minimum Gasteiger partial charge on any atom is -0.436 e. The Morgan fingerprint density at radius 3 is 2.77 bits per heavy atom. The third-order valence-corrected chi connectivity index (χ3v) is 5.69. The topological polar surface area (TPSA) is 68.0 Å². The minimum absolute atomic E-state index is 0.123. The molecular formula is C23H19Cl2N3O2. The van der Waals surface area contributed by atoms with Crippen LogP contribution in [0.2, 0.25) is 10.2 Å². The maximum absolute atomic E-state index is 12.6. The van der Waals surface area contributed by atoms with Gasteiger partial charge in [0.15, 0.2) is 5.58 Å². The van der Waals surface area contributed by atoms with Crippen LogP contribution >= 0.6 is 23.2 Å². The number of benzene rings is 2.